The number of alkyl halides is 3. The number of rotatable bonds is 5. The van der Waals surface area contributed by atoms with Crippen molar-refractivity contribution in [2.75, 3.05) is 44.2 Å². The molecular formula is C22H30F3N3O3. The van der Waals surface area contributed by atoms with Crippen LogP contribution in [0.25, 0.3) is 0 Å². The Balaban J connectivity index is 1.25. The summed E-state index contributed by atoms with van der Waals surface area (Å²) in [7, 11) is 0. The van der Waals surface area contributed by atoms with Crippen LogP contribution in [0.3, 0.4) is 0 Å². The number of benzene rings is 1. The number of halogens is 3. The zero-order valence-corrected chi connectivity index (χ0v) is 17.5. The van der Waals surface area contributed by atoms with Crippen LogP contribution in [0.15, 0.2) is 24.3 Å². The summed E-state index contributed by atoms with van der Waals surface area (Å²) in [6.07, 6.45) is -1.50. The van der Waals surface area contributed by atoms with Crippen LogP contribution in [-0.2, 0) is 15.7 Å². The van der Waals surface area contributed by atoms with E-state index in [9.17, 15) is 23.1 Å². The lowest BCUT2D eigenvalue weighted by Gasteiger charge is -2.37. The first-order chi connectivity index (χ1) is 14.8. The summed E-state index contributed by atoms with van der Waals surface area (Å²) >= 11 is 0. The van der Waals surface area contributed by atoms with E-state index in [-0.39, 0.29) is 24.0 Å². The van der Waals surface area contributed by atoms with E-state index in [0.717, 1.165) is 31.7 Å². The first kappa shape index (κ1) is 22.4. The van der Waals surface area contributed by atoms with E-state index in [1.54, 1.807) is 6.07 Å². The second kappa shape index (κ2) is 9.34. The third kappa shape index (κ3) is 5.32. The van der Waals surface area contributed by atoms with Crippen LogP contribution in [0.5, 0.6) is 0 Å². The molecule has 1 aromatic carbocycles. The lowest BCUT2D eigenvalue weighted by atomic mass is 10.0. The quantitative estimate of drug-likeness (QED) is 0.734. The van der Waals surface area contributed by atoms with Gasteiger partial charge in [-0.3, -0.25) is 9.69 Å². The molecular weight excluding hydrogens is 411 g/mol. The minimum atomic E-state index is -4.35. The zero-order chi connectivity index (χ0) is 22.0. The van der Waals surface area contributed by atoms with Crippen molar-refractivity contribution in [2.24, 2.45) is 5.92 Å². The number of aliphatic hydroxyl groups is 1. The van der Waals surface area contributed by atoms with Gasteiger partial charge in [-0.1, -0.05) is 18.9 Å². The molecule has 2 aliphatic heterocycles. The van der Waals surface area contributed by atoms with E-state index in [0.29, 0.717) is 45.0 Å². The van der Waals surface area contributed by atoms with E-state index >= 15 is 0 Å². The average Bonchev–Trinajstić information content (AvgIpc) is 3.40. The number of hydrogen-bond acceptors (Lipinski definition) is 5. The van der Waals surface area contributed by atoms with Crippen LogP contribution in [-0.4, -0.2) is 73.5 Å². The van der Waals surface area contributed by atoms with Crippen molar-refractivity contribution < 1.29 is 27.8 Å². The van der Waals surface area contributed by atoms with Crippen molar-refractivity contribution in [1.29, 1.82) is 0 Å². The molecule has 1 aliphatic carbocycles. The van der Waals surface area contributed by atoms with Gasteiger partial charge in [0.25, 0.3) is 0 Å². The molecule has 3 unspecified atom stereocenters. The number of carbonyl (C=O) groups excluding carboxylic acids is 1. The van der Waals surface area contributed by atoms with E-state index in [1.165, 1.54) is 12.1 Å². The molecule has 31 heavy (non-hydrogen) atoms. The highest BCUT2D eigenvalue weighted by Crippen LogP contribution is 2.32. The molecule has 1 saturated carbocycles. The molecule has 3 atom stereocenters. The molecule has 1 aromatic rings. The van der Waals surface area contributed by atoms with Crippen molar-refractivity contribution in [1.82, 2.24) is 10.2 Å². The average molecular weight is 441 g/mol. The number of nitrogens with zero attached hydrogens (tertiary/aromatic N) is 2. The third-order valence-corrected chi connectivity index (χ3v) is 6.69. The van der Waals surface area contributed by atoms with E-state index in [1.807, 2.05) is 4.90 Å². The van der Waals surface area contributed by atoms with Crippen LogP contribution in [0.2, 0.25) is 0 Å². The van der Waals surface area contributed by atoms with Crippen LogP contribution in [0.1, 0.15) is 31.2 Å². The van der Waals surface area contributed by atoms with E-state index in [4.69, 9.17) is 4.74 Å². The number of hydrogen-bond donors (Lipinski definition) is 2. The number of amides is 1. The highest BCUT2D eigenvalue weighted by atomic mass is 19.4. The predicted octanol–water partition coefficient (Wildman–Crippen LogP) is 2.26. The molecule has 1 amide bonds. The molecule has 172 valence electrons. The Morgan fingerprint density at radius 3 is 2.55 bits per heavy atom. The molecule has 0 spiro atoms. The number of aliphatic hydroxyl groups excluding tert-OH is 1. The Kier molecular flexibility index (Phi) is 6.74. The maximum Gasteiger partial charge on any atom is 0.416 e. The van der Waals surface area contributed by atoms with Gasteiger partial charge in [-0.15, -0.1) is 0 Å². The number of ether oxygens (including phenoxy) is 1. The Morgan fingerprint density at radius 2 is 1.87 bits per heavy atom. The fraction of sp³-hybridized carbons (Fsp3) is 0.682. The molecule has 6 nitrogen and oxygen atoms in total. The molecule has 0 bridgehead atoms. The first-order valence-corrected chi connectivity index (χ1v) is 11.1. The fourth-order valence-corrected chi connectivity index (χ4v) is 4.78. The van der Waals surface area contributed by atoms with Crippen molar-refractivity contribution in [3.63, 3.8) is 0 Å². The van der Waals surface area contributed by atoms with Gasteiger partial charge in [-0.05, 0) is 31.0 Å². The van der Waals surface area contributed by atoms with Crippen LogP contribution < -0.4 is 10.2 Å². The summed E-state index contributed by atoms with van der Waals surface area (Å²) in [5.74, 6) is 0.0654. The summed E-state index contributed by atoms with van der Waals surface area (Å²) in [5.41, 5.74) is -0.0677. The largest absolute Gasteiger partial charge is 0.416 e. The van der Waals surface area contributed by atoms with Crippen molar-refractivity contribution in [3.8, 4) is 0 Å². The van der Waals surface area contributed by atoms with Gasteiger partial charge in [0.05, 0.1) is 24.3 Å². The van der Waals surface area contributed by atoms with Gasteiger partial charge < -0.3 is 20.1 Å². The number of piperazine rings is 1. The molecule has 4 rings (SSSR count). The fourth-order valence-electron chi connectivity index (χ4n) is 4.78. The second-order valence-electron chi connectivity index (χ2n) is 8.79. The van der Waals surface area contributed by atoms with Gasteiger partial charge >= 0.3 is 6.18 Å². The van der Waals surface area contributed by atoms with Crippen molar-refractivity contribution in [3.05, 3.63) is 29.8 Å². The molecule has 9 heteroatoms. The van der Waals surface area contributed by atoms with Crippen LogP contribution in [0.4, 0.5) is 18.9 Å². The molecule has 0 radical (unpaired) electrons. The summed E-state index contributed by atoms with van der Waals surface area (Å²) in [5, 5.41) is 13.6. The van der Waals surface area contributed by atoms with Gasteiger partial charge in [0.2, 0.25) is 5.91 Å². The minimum Gasteiger partial charge on any atom is -0.388 e. The second-order valence-corrected chi connectivity index (χ2v) is 8.79. The van der Waals surface area contributed by atoms with Crippen molar-refractivity contribution >= 4 is 11.6 Å². The van der Waals surface area contributed by atoms with Gasteiger partial charge in [-0.25, -0.2) is 0 Å². The molecule has 2 saturated heterocycles. The van der Waals surface area contributed by atoms with Crippen molar-refractivity contribution in [2.45, 2.75) is 50.1 Å². The third-order valence-electron chi connectivity index (χ3n) is 6.69. The molecule has 2 N–H and O–H groups in total. The van der Waals surface area contributed by atoms with Gasteiger partial charge in [0.15, 0.2) is 0 Å². The lowest BCUT2D eigenvalue weighted by molar-refractivity contribution is -0.137. The molecule has 3 aliphatic rings. The van der Waals surface area contributed by atoms with Crippen LogP contribution >= 0.6 is 0 Å². The highest BCUT2D eigenvalue weighted by molar-refractivity contribution is 5.79. The molecule has 0 aromatic heterocycles. The minimum absolute atomic E-state index is 0.0144. The Hall–Kier alpha value is -1.84. The number of nitrogens with one attached hydrogen (secondary N) is 1. The predicted molar refractivity (Wildman–Crippen MR) is 110 cm³/mol. The maximum atomic E-state index is 13.0. The normalized spacial score (nSPS) is 28.3. The Morgan fingerprint density at radius 1 is 1.16 bits per heavy atom. The van der Waals surface area contributed by atoms with Gasteiger partial charge in [0, 0.05) is 44.3 Å². The SMILES string of the molecule is O=C(NC1COC(CN2CCN(c3cccc(C(F)(F)F)c3)CC2)C1O)C1CCCC1. The highest BCUT2D eigenvalue weighted by Gasteiger charge is 2.39. The van der Waals surface area contributed by atoms with Gasteiger partial charge in [-0.2, -0.15) is 13.2 Å². The smallest absolute Gasteiger partial charge is 0.388 e. The Bertz CT molecular complexity index is 762. The standard InChI is InChI=1S/C22H30F3N3O3/c23-22(24,25)16-6-3-7-17(12-16)28-10-8-27(9-11-28)13-19-20(29)18(14-31-19)26-21(30)15-4-1-2-5-15/h3,6-7,12,15,18-20,29H,1-2,4-5,8-11,13-14H2,(H,26,30). The first-order valence-electron chi connectivity index (χ1n) is 11.1. The topological polar surface area (TPSA) is 65.0 Å². The summed E-state index contributed by atoms with van der Waals surface area (Å²) < 4.78 is 44.7. The zero-order valence-electron chi connectivity index (χ0n) is 17.5. The Labute approximate surface area is 180 Å². The number of anilines is 1. The lowest BCUT2D eigenvalue weighted by Crippen LogP contribution is -2.51. The summed E-state index contributed by atoms with van der Waals surface area (Å²) in [6, 6.07) is 5.03. The summed E-state index contributed by atoms with van der Waals surface area (Å²) in [4.78, 5) is 16.4. The summed E-state index contributed by atoms with van der Waals surface area (Å²) in [6.45, 7) is 3.38. The van der Waals surface area contributed by atoms with Gasteiger partial charge in [0.1, 0.15) is 6.10 Å². The number of carbonyl (C=O) groups is 1. The molecule has 3 fully saturated rings. The van der Waals surface area contributed by atoms with E-state index < -0.39 is 17.8 Å². The van der Waals surface area contributed by atoms with Crippen LogP contribution in [0, 0.1) is 5.92 Å². The maximum absolute atomic E-state index is 13.0. The van der Waals surface area contributed by atoms with E-state index in [2.05, 4.69) is 10.2 Å². The monoisotopic (exact) mass is 441 g/mol. The molecule has 2 heterocycles.